The molecule has 0 unspecified atom stereocenters. The van der Waals surface area contributed by atoms with E-state index in [1.165, 1.54) is 59.4 Å². The van der Waals surface area contributed by atoms with Gasteiger partial charge in [-0.15, -0.1) is 23.5 Å². The number of benzene rings is 3. The van der Waals surface area contributed by atoms with Crippen molar-refractivity contribution in [2.24, 2.45) is 9.98 Å². The molecule has 35 heavy (non-hydrogen) atoms. The Balaban J connectivity index is 1.17. The van der Waals surface area contributed by atoms with Crippen molar-refractivity contribution < 1.29 is 4.39 Å². The molecule has 0 N–H and O–H groups in total. The second kappa shape index (κ2) is 12.0. The van der Waals surface area contributed by atoms with Gasteiger partial charge >= 0.3 is 0 Å². The normalized spacial score (nSPS) is 16.0. The maximum atomic E-state index is 15.2. The zero-order valence-corrected chi connectivity index (χ0v) is 21.6. The molecule has 0 fully saturated rings. The number of halogens is 1. The first-order valence-electron chi connectivity index (χ1n) is 12.6. The fraction of sp³-hybridized carbons (Fsp3) is 0.333. The van der Waals surface area contributed by atoms with Crippen LogP contribution in [0.5, 0.6) is 0 Å². The Morgan fingerprint density at radius 3 is 1.46 bits per heavy atom. The van der Waals surface area contributed by atoms with Crippen molar-refractivity contribution in [2.75, 3.05) is 13.1 Å². The summed E-state index contributed by atoms with van der Waals surface area (Å²) < 4.78 is 15.2. The lowest BCUT2D eigenvalue weighted by Crippen LogP contribution is -2.07. The van der Waals surface area contributed by atoms with Gasteiger partial charge in [0.15, 0.2) is 0 Å². The quantitative estimate of drug-likeness (QED) is 0.289. The van der Waals surface area contributed by atoms with E-state index in [1.54, 1.807) is 23.5 Å². The molecule has 5 heteroatoms. The second-order valence-electron chi connectivity index (χ2n) is 9.11. The Hall–Kier alpha value is -2.37. The lowest BCUT2D eigenvalue weighted by Gasteiger charge is -2.13. The molecular formula is C30H31FN2S2. The molecule has 3 aromatic carbocycles. The molecule has 0 aliphatic carbocycles. The van der Waals surface area contributed by atoms with Gasteiger partial charge in [-0.2, -0.15) is 0 Å². The van der Waals surface area contributed by atoms with E-state index in [0.717, 1.165) is 37.4 Å². The SMILES string of the molecule is Fc1c(SCc2ccc(C3=NCCCC3)cc2)cccc1SCc1ccc(C2=NCCCC2)cc1. The molecule has 2 aliphatic rings. The van der Waals surface area contributed by atoms with Crippen LogP contribution in [0, 0.1) is 5.82 Å². The highest BCUT2D eigenvalue weighted by molar-refractivity contribution is 7.99. The highest BCUT2D eigenvalue weighted by Gasteiger charge is 2.12. The molecule has 2 heterocycles. The predicted octanol–water partition coefficient (Wildman–Crippen LogP) is 8.36. The molecular weight excluding hydrogens is 471 g/mol. The zero-order chi connectivity index (χ0) is 23.9. The van der Waals surface area contributed by atoms with E-state index in [4.69, 9.17) is 0 Å². The van der Waals surface area contributed by atoms with Gasteiger partial charge in [0.2, 0.25) is 0 Å². The smallest absolute Gasteiger partial charge is 0.150 e. The van der Waals surface area contributed by atoms with E-state index in [0.29, 0.717) is 9.79 Å². The Morgan fingerprint density at radius 2 is 1.06 bits per heavy atom. The minimum absolute atomic E-state index is 0.108. The van der Waals surface area contributed by atoms with Crippen molar-refractivity contribution >= 4 is 34.9 Å². The summed E-state index contributed by atoms with van der Waals surface area (Å²) in [5, 5.41) is 0. The van der Waals surface area contributed by atoms with E-state index in [-0.39, 0.29) is 5.82 Å². The van der Waals surface area contributed by atoms with E-state index < -0.39 is 0 Å². The molecule has 0 bridgehead atoms. The molecule has 0 spiro atoms. The van der Waals surface area contributed by atoms with Crippen LogP contribution in [0.15, 0.2) is 86.5 Å². The van der Waals surface area contributed by atoms with Gasteiger partial charge in [-0.1, -0.05) is 54.6 Å². The Morgan fingerprint density at radius 1 is 0.600 bits per heavy atom. The number of aliphatic imine (C=N–C) groups is 2. The average molecular weight is 503 g/mol. The third kappa shape index (κ3) is 6.45. The van der Waals surface area contributed by atoms with Crippen molar-refractivity contribution in [2.45, 2.75) is 59.8 Å². The minimum Gasteiger partial charge on any atom is -0.289 e. The maximum Gasteiger partial charge on any atom is 0.150 e. The molecule has 0 aromatic heterocycles. The fourth-order valence-corrected chi connectivity index (χ4v) is 6.41. The van der Waals surface area contributed by atoms with Gasteiger partial charge in [0, 0.05) is 45.8 Å². The fourth-order valence-electron chi connectivity index (χ4n) is 4.49. The highest BCUT2D eigenvalue weighted by atomic mass is 32.2. The topological polar surface area (TPSA) is 24.7 Å². The number of nitrogens with zero attached hydrogens (tertiary/aromatic N) is 2. The van der Waals surface area contributed by atoms with E-state index in [1.807, 2.05) is 18.2 Å². The summed E-state index contributed by atoms with van der Waals surface area (Å²) in [6, 6.07) is 23.0. The lowest BCUT2D eigenvalue weighted by molar-refractivity contribution is 0.575. The van der Waals surface area contributed by atoms with Crippen LogP contribution < -0.4 is 0 Å². The third-order valence-electron chi connectivity index (χ3n) is 6.54. The van der Waals surface area contributed by atoms with Gasteiger partial charge in [0.05, 0.1) is 0 Å². The van der Waals surface area contributed by atoms with E-state index in [9.17, 15) is 0 Å². The van der Waals surface area contributed by atoms with Crippen LogP contribution in [0.1, 0.15) is 60.8 Å². The van der Waals surface area contributed by atoms with Gasteiger partial charge in [-0.05, 0) is 72.9 Å². The molecule has 0 radical (unpaired) electrons. The van der Waals surface area contributed by atoms with Gasteiger partial charge in [0.1, 0.15) is 5.82 Å². The number of rotatable bonds is 8. The molecule has 0 amide bonds. The summed E-state index contributed by atoms with van der Waals surface area (Å²) in [6.45, 7) is 1.89. The van der Waals surface area contributed by atoms with E-state index in [2.05, 4.69) is 58.5 Å². The summed E-state index contributed by atoms with van der Waals surface area (Å²) in [7, 11) is 0. The van der Waals surface area contributed by atoms with Crippen molar-refractivity contribution in [3.63, 3.8) is 0 Å². The minimum atomic E-state index is -0.108. The highest BCUT2D eigenvalue weighted by Crippen LogP contribution is 2.33. The summed E-state index contributed by atoms with van der Waals surface area (Å²) in [5.41, 5.74) is 7.31. The largest absolute Gasteiger partial charge is 0.289 e. The maximum absolute atomic E-state index is 15.2. The summed E-state index contributed by atoms with van der Waals surface area (Å²) >= 11 is 3.13. The third-order valence-corrected chi connectivity index (χ3v) is 8.75. The molecule has 0 saturated heterocycles. The zero-order valence-electron chi connectivity index (χ0n) is 20.0. The Labute approximate surface area is 216 Å². The van der Waals surface area contributed by atoms with Gasteiger partial charge in [-0.3, -0.25) is 9.98 Å². The Kier molecular flexibility index (Phi) is 8.37. The van der Waals surface area contributed by atoms with Gasteiger partial charge in [0.25, 0.3) is 0 Å². The van der Waals surface area contributed by atoms with Crippen molar-refractivity contribution in [3.8, 4) is 0 Å². The monoisotopic (exact) mass is 502 g/mol. The molecule has 2 nitrogen and oxygen atoms in total. The first kappa shape index (κ1) is 24.3. The first-order valence-corrected chi connectivity index (χ1v) is 14.5. The lowest BCUT2D eigenvalue weighted by atomic mass is 10.0. The van der Waals surface area contributed by atoms with Gasteiger partial charge in [-0.25, -0.2) is 4.39 Å². The first-order chi connectivity index (χ1) is 17.3. The summed E-state index contributed by atoms with van der Waals surface area (Å²) in [6.07, 6.45) is 7.00. The predicted molar refractivity (Wildman–Crippen MR) is 149 cm³/mol. The van der Waals surface area contributed by atoms with Crippen molar-refractivity contribution in [1.29, 1.82) is 0 Å². The standard InChI is InChI=1S/C30H31FN2S2/c31-30-28(34-20-22-10-14-24(15-11-22)26-6-1-3-18-32-26)8-5-9-29(30)35-21-23-12-16-25(17-13-23)27-7-2-4-19-33-27/h5,8-17H,1-4,6-7,18-21H2. The van der Waals surface area contributed by atoms with Crippen molar-refractivity contribution in [1.82, 2.24) is 0 Å². The molecule has 5 rings (SSSR count). The number of thioether (sulfide) groups is 2. The average Bonchev–Trinajstić information content (AvgIpc) is 2.93. The molecule has 0 atom stereocenters. The van der Waals surface area contributed by atoms with Crippen LogP contribution in [0.25, 0.3) is 0 Å². The van der Waals surface area contributed by atoms with Crippen LogP contribution in [0.3, 0.4) is 0 Å². The van der Waals surface area contributed by atoms with Gasteiger partial charge < -0.3 is 0 Å². The van der Waals surface area contributed by atoms with Crippen molar-refractivity contribution in [3.05, 3.63) is 94.8 Å². The van der Waals surface area contributed by atoms with E-state index >= 15 is 4.39 Å². The van der Waals surface area contributed by atoms with Crippen LogP contribution in [0.2, 0.25) is 0 Å². The number of hydrogen-bond donors (Lipinski definition) is 0. The summed E-state index contributed by atoms with van der Waals surface area (Å²) in [5.74, 6) is 1.40. The molecule has 0 saturated carbocycles. The summed E-state index contributed by atoms with van der Waals surface area (Å²) in [4.78, 5) is 10.7. The molecule has 3 aromatic rings. The van der Waals surface area contributed by atoms with Crippen LogP contribution in [-0.4, -0.2) is 24.5 Å². The van der Waals surface area contributed by atoms with Crippen LogP contribution in [-0.2, 0) is 11.5 Å². The number of hydrogen-bond acceptors (Lipinski definition) is 4. The van der Waals surface area contributed by atoms with Crippen LogP contribution >= 0.6 is 23.5 Å². The molecule has 180 valence electrons. The Bertz CT molecular complexity index is 1110. The molecule has 2 aliphatic heterocycles. The second-order valence-corrected chi connectivity index (χ2v) is 11.1. The van der Waals surface area contributed by atoms with Crippen LogP contribution in [0.4, 0.5) is 4.39 Å².